The first-order valence-electron chi connectivity index (χ1n) is 8.97. The fourth-order valence-electron chi connectivity index (χ4n) is 2.86. The average Bonchev–Trinajstić information content (AvgIpc) is 2.88. The lowest BCUT2D eigenvalue weighted by molar-refractivity contribution is -0.122. The van der Waals surface area contributed by atoms with Crippen LogP contribution in [0.15, 0.2) is 53.4 Å². The molecule has 1 amide bonds. The first kappa shape index (κ1) is 19.6. The minimum Gasteiger partial charge on any atom is -0.488 e. The summed E-state index contributed by atoms with van der Waals surface area (Å²) < 4.78 is 6.65. The second kappa shape index (κ2) is 8.72. The van der Waals surface area contributed by atoms with Gasteiger partial charge in [-0.2, -0.15) is 0 Å². The lowest BCUT2D eigenvalue weighted by Gasteiger charge is -2.16. The molecule has 3 rings (SSSR count). The van der Waals surface area contributed by atoms with Crippen molar-refractivity contribution in [1.29, 1.82) is 0 Å². The van der Waals surface area contributed by atoms with Gasteiger partial charge >= 0.3 is 0 Å². The number of carbonyl (C=O) groups excluding carboxylic acids is 1. The van der Waals surface area contributed by atoms with Crippen molar-refractivity contribution in [2.75, 3.05) is 6.54 Å². The molecule has 1 aliphatic rings. The van der Waals surface area contributed by atoms with Gasteiger partial charge in [-0.15, -0.1) is 0 Å². The highest BCUT2D eigenvalue weighted by Gasteiger charge is 2.32. The van der Waals surface area contributed by atoms with Gasteiger partial charge in [0.2, 0.25) is 0 Å². The van der Waals surface area contributed by atoms with Crippen molar-refractivity contribution in [1.82, 2.24) is 4.90 Å². The molecule has 1 aliphatic heterocycles. The maximum absolute atomic E-state index is 12.7. The Kier molecular flexibility index (Phi) is 6.34. The Bertz CT molecular complexity index is 889. The molecule has 0 N–H and O–H groups in total. The van der Waals surface area contributed by atoms with Crippen molar-refractivity contribution in [3.8, 4) is 5.75 Å². The third-order valence-electron chi connectivity index (χ3n) is 4.10. The van der Waals surface area contributed by atoms with Crippen molar-refractivity contribution < 1.29 is 9.53 Å². The van der Waals surface area contributed by atoms with E-state index >= 15 is 0 Å². The zero-order valence-electron chi connectivity index (χ0n) is 15.8. The Balaban J connectivity index is 1.79. The molecule has 2 aromatic rings. The van der Waals surface area contributed by atoms with E-state index < -0.39 is 0 Å². The van der Waals surface area contributed by atoms with E-state index in [4.69, 9.17) is 17.0 Å². The molecule has 27 heavy (non-hydrogen) atoms. The van der Waals surface area contributed by atoms with Gasteiger partial charge in [-0.1, -0.05) is 85.9 Å². The zero-order valence-corrected chi connectivity index (χ0v) is 17.4. The summed E-state index contributed by atoms with van der Waals surface area (Å²) in [6.45, 7) is 7.36. The van der Waals surface area contributed by atoms with Crippen molar-refractivity contribution in [2.24, 2.45) is 5.92 Å². The van der Waals surface area contributed by atoms with E-state index in [-0.39, 0.29) is 5.91 Å². The van der Waals surface area contributed by atoms with Crippen LogP contribution in [0.3, 0.4) is 0 Å². The van der Waals surface area contributed by atoms with E-state index in [0.717, 1.165) is 16.9 Å². The van der Waals surface area contributed by atoms with Crippen LogP contribution in [-0.4, -0.2) is 21.7 Å². The predicted octanol–water partition coefficient (Wildman–Crippen LogP) is 5.43. The number of para-hydroxylation sites is 1. The Morgan fingerprint density at radius 3 is 2.70 bits per heavy atom. The fourth-order valence-corrected chi connectivity index (χ4v) is 4.12. The van der Waals surface area contributed by atoms with E-state index in [1.807, 2.05) is 42.5 Å². The van der Waals surface area contributed by atoms with Crippen molar-refractivity contribution in [3.63, 3.8) is 0 Å². The number of aryl methyl sites for hydroxylation is 1. The number of ether oxygens (including phenoxy) is 1. The Morgan fingerprint density at radius 2 is 1.96 bits per heavy atom. The molecule has 0 bridgehead atoms. The normalized spacial score (nSPS) is 15.9. The van der Waals surface area contributed by atoms with Crippen molar-refractivity contribution in [3.05, 3.63) is 70.1 Å². The summed E-state index contributed by atoms with van der Waals surface area (Å²) in [4.78, 5) is 15.0. The van der Waals surface area contributed by atoms with Crippen LogP contribution in [0, 0.1) is 12.8 Å². The highest BCUT2D eigenvalue weighted by atomic mass is 32.2. The molecule has 1 heterocycles. The van der Waals surface area contributed by atoms with Crippen LogP contribution in [0.5, 0.6) is 5.75 Å². The number of rotatable bonds is 6. The summed E-state index contributed by atoms with van der Waals surface area (Å²) in [7, 11) is 0. The van der Waals surface area contributed by atoms with Gasteiger partial charge in [0.05, 0.1) is 4.91 Å². The maximum atomic E-state index is 12.7. The second-order valence-electron chi connectivity index (χ2n) is 7.00. The van der Waals surface area contributed by atoms with Crippen LogP contribution < -0.4 is 4.74 Å². The van der Waals surface area contributed by atoms with Gasteiger partial charge in [0, 0.05) is 12.1 Å². The molecule has 3 nitrogen and oxygen atoms in total. The molecule has 0 atom stereocenters. The topological polar surface area (TPSA) is 29.5 Å². The van der Waals surface area contributed by atoms with Gasteiger partial charge in [0.15, 0.2) is 0 Å². The van der Waals surface area contributed by atoms with Gasteiger partial charge in [-0.3, -0.25) is 9.69 Å². The molecule has 0 saturated carbocycles. The number of amides is 1. The number of thiocarbonyl (C=S) groups is 1. The molecule has 0 aromatic heterocycles. The number of benzene rings is 2. The Hall–Kier alpha value is -2.11. The Labute approximate surface area is 170 Å². The molecule has 140 valence electrons. The molecule has 0 radical (unpaired) electrons. The fraction of sp³-hybridized carbons (Fsp3) is 0.273. The number of hydrogen-bond acceptors (Lipinski definition) is 4. The van der Waals surface area contributed by atoms with Crippen LogP contribution >= 0.6 is 24.0 Å². The third kappa shape index (κ3) is 4.99. The molecular formula is C22H23NO2S2. The standard InChI is InChI=1S/C22H23NO2S2/c1-15(2)13-23-21(24)20(27-22(23)26)12-18-9-4-5-10-19(18)25-14-17-8-6-7-16(3)11-17/h4-12,15H,13-14H2,1-3H3/b20-12-. The molecule has 1 saturated heterocycles. The SMILES string of the molecule is Cc1cccc(COc2ccccc2/C=C2\SC(=S)N(CC(C)C)C2=O)c1. The highest BCUT2D eigenvalue weighted by Crippen LogP contribution is 2.34. The van der Waals surface area contributed by atoms with Crippen LogP contribution in [0.25, 0.3) is 6.08 Å². The van der Waals surface area contributed by atoms with E-state index in [1.54, 1.807) is 4.90 Å². The van der Waals surface area contributed by atoms with Crippen LogP contribution in [0.4, 0.5) is 0 Å². The Morgan fingerprint density at radius 1 is 1.19 bits per heavy atom. The number of hydrogen-bond donors (Lipinski definition) is 0. The van der Waals surface area contributed by atoms with Crippen molar-refractivity contribution >= 4 is 40.3 Å². The van der Waals surface area contributed by atoms with Gasteiger partial charge in [-0.25, -0.2) is 0 Å². The molecule has 0 spiro atoms. The van der Waals surface area contributed by atoms with Gasteiger partial charge in [0.1, 0.15) is 16.7 Å². The average molecular weight is 398 g/mol. The summed E-state index contributed by atoms with van der Waals surface area (Å²) >= 11 is 6.74. The minimum atomic E-state index is -0.0211. The van der Waals surface area contributed by atoms with E-state index in [1.165, 1.54) is 17.3 Å². The lowest BCUT2D eigenvalue weighted by atomic mass is 10.1. The largest absolute Gasteiger partial charge is 0.488 e. The molecule has 2 aromatic carbocycles. The van der Waals surface area contributed by atoms with Crippen LogP contribution in [0.2, 0.25) is 0 Å². The highest BCUT2D eigenvalue weighted by molar-refractivity contribution is 8.26. The monoisotopic (exact) mass is 397 g/mol. The van der Waals surface area contributed by atoms with Gasteiger partial charge in [-0.05, 0) is 30.5 Å². The molecule has 0 aliphatic carbocycles. The lowest BCUT2D eigenvalue weighted by Crippen LogP contribution is -2.31. The minimum absolute atomic E-state index is 0.0211. The molecule has 5 heteroatoms. The number of nitrogens with zero attached hydrogens (tertiary/aromatic N) is 1. The van der Waals surface area contributed by atoms with E-state index in [9.17, 15) is 4.79 Å². The van der Waals surface area contributed by atoms with Crippen LogP contribution in [0.1, 0.15) is 30.5 Å². The summed E-state index contributed by atoms with van der Waals surface area (Å²) in [5, 5.41) is 0. The summed E-state index contributed by atoms with van der Waals surface area (Å²) in [5.41, 5.74) is 3.21. The first-order chi connectivity index (χ1) is 12.9. The smallest absolute Gasteiger partial charge is 0.266 e. The summed E-state index contributed by atoms with van der Waals surface area (Å²) in [5.74, 6) is 1.11. The molecular weight excluding hydrogens is 374 g/mol. The van der Waals surface area contributed by atoms with Crippen molar-refractivity contribution in [2.45, 2.75) is 27.4 Å². The predicted molar refractivity (Wildman–Crippen MR) is 117 cm³/mol. The van der Waals surface area contributed by atoms with Crippen LogP contribution in [-0.2, 0) is 11.4 Å². The number of thioether (sulfide) groups is 1. The number of carbonyl (C=O) groups is 1. The van der Waals surface area contributed by atoms with E-state index in [0.29, 0.717) is 28.3 Å². The summed E-state index contributed by atoms with van der Waals surface area (Å²) in [6.07, 6.45) is 1.88. The second-order valence-corrected chi connectivity index (χ2v) is 8.68. The quantitative estimate of drug-likeness (QED) is 0.480. The molecule has 1 fully saturated rings. The van der Waals surface area contributed by atoms with E-state index in [2.05, 4.69) is 32.9 Å². The van der Waals surface area contributed by atoms with Gasteiger partial charge < -0.3 is 4.74 Å². The maximum Gasteiger partial charge on any atom is 0.266 e. The zero-order chi connectivity index (χ0) is 19.4. The summed E-state index contributed by atoms with van der Waals surface area (Å²) in [6, 6.07) is 16.0. The molecule has 0 unspecified atom stereocenters. The first-order valence-corrected chi connectivity index (χ1v) is 10.2. The third-order valence-corrected chi connectivity index (χ3v) is 5.48. The van der Waals surface area contributed by atoms with Gasteiger partial charge in [0.25, 0.3) is 5.91 Å².